The maximum Gasteiger partial charge on any atom is 0.307 e. The summed E-state index contributed by atoms with van der Waals surface area (Å²) in [5.74, 6) is -1.30. The average Bonchev–Trinajstić information content (AvgIpc) is 3.02. The third kappa shape index (κ3) is 3.01. The molecule has 1 aromatic rings. The lowest BCUT2D eigenvalue weighted by Crippen LogP contribution is -2.29. The first-order valence-corrected chi connectivity index (χ1v) is 7.02. The number of amides is 1. The molecule has 2 atom stereocenters. The van der Waals surface area contributed by atoms with Crippen molar-refractivity contribution in [2.75, 3.05) is 13.7 Å². The molecule has 0 spiro atoms. The van der Waals surface area contributed by atoms with Crippen LogP contribution in [0, 0.1) is 17.3 Å². The SMILES string of the molecule is COc1ccccc1CCNC(=O)[C@H]1[C@@H](C(=O)O)C1(C)C. The van der Waals surface area contributed by atoms with Crippen LogP contribution in [0.4, 0.5) is 0 Å². The highest BCUT2D eigenvalue weighted by molar-refractivity contribution is 5.91. The van der Waals surface area contributed by atoms with E-state index in [1.165, 1.54) is 0 Å². The molecule has 0 bridgehead atoms. The molecule has 0 radical (unpaired) electrons. The molecule has 0 aromatic heterocycles. The predicted molar refractivity (Wildman–Crippen MR) is 78.1 cm³/mol. The van der Waals surface area contributed by atoms with Gasteiger partial charge in [0.25, 0.3) is 0 Å². The minimum absolute atomic E-state index is 0.178. The maximum atomic E-state index is 12.1. The number of ether oxygens (including phenoxy) is 1. The average molecular weight is 291 g/mol. The van der Waals surface area contributed by atoms with Crippen LogP contribution < -0.4 is 10.1 Å². The van der Waals surface area contributed by atoms with E-state index in [1.54, 1.807) is 7.11 Å². The number of methoxy groups -OCH3 is 1. The molecule has 1 aliphatic carbocycles. The first-order chi connectivity index (χ1) is 9.89. The third-order valence-corrected chi connectivity index (χ3v) is 4.26. The monoisotopic (exact) mass is 291 g/mol. The minimum Gasteiger partial charge on any atom is -0.496 e. The molecule has 0 aliphatic heterocycles. The molecule has 5 nitrogen and oxygen atoms in total. The molecular weight excluding hydrogens is 270 g/mol. The molecule has 0 heterocycles. The summed E-state index contributed by atoms with van der Waals surface area (Å²) in [6.07, 6.45) is 0.653. The van der Waals surface area contributed by atoms with Gasteiger partial charge in [0.05, 0.1) is 18.9 Å². The first kappa shape index (κ1) is 15.4. The summed E-state index contributed by atoms with van der Waals surface area (Å²) in [6.45, 7) is 4.10. The van der Waals surface area contributed by atoms with E-state index in [0.717, 1.165) is 11.3 Å². The number of rotatable bonds is 6. The van der Waals surface area contributed by atoms with E-state index in [1.807, 2.05) is 38.1 Å². The van der Waals surface area contributed by atoms with Crippen molar-refractivity contribution in [3.05, 3.63) is 29.8 Å². The molecule has 1 aromatic carbocycles. The van der Waals surface area contributed by atoms with Crippen LogP contribution in [0.2, 0.25) is 0 Å². The summed E-state index contributed by atoms with van der Waals surface area (Å²) in [5, 5.41) is 11.9. The van der Waals surface area contributed by atoms with Crippen LogP contribution in [0.5, 0.6) is 5.75 Å². The number of nitrogens with one attached hydrogen (secondary N) is 1. The topological polar surface area (TPSA) is 75.6 Å². The van der Waals surface area contributed by atoms with Crippen molar-refractivity contribution in [2.24, 2.45) is 17.3 Å². The molecule has 0 unspecified atom stereocenters. The first-order valence-electron chi connectivity index (χ1n) is 7.02. The van der Waals surface area contributed by atoms with Crippen molar-refractivity contribution in [2.45, 2.75) is 20.3 Å². The van der Waals surface area contributed by atoms with E-state index in [2.05, 4.69) is 5.32 Å². The molecule has 0 saturated heterocycles. The Morgan fingerprint density at radius 3 is 2.52 bits per heavy atom. The Kier molecular flexibility index (Phi) is 4.21. The van der Waals surface area contributed by atoms with Gasteiger partial charge >= 0.3 is 5.97 Å². The Morgan fingerprint density at radius 2 is 1.95 bits per heavy atom. The van der Waals surface area contributed by atoms with Crippen molar-refractivity contribution in [1.29, 1.82) is 0 Å². The van der Waals surface area contributed by atoms with Crippen LogP contribution >= 0.6 is 0 Å². The fraction of sp³-hybridized carbons (Fsp3) is 0.500. The van der Waals surface area contributed by atoms with Gasteiger partial charge in [-0.05, 0) is 23.5 Å². The highest BCUT2D eigenvalue weighted by atomic mass is 16.5. The number of carbonyl (C=O) groups excluding carboxylic acids is 1. The van der Waals surface area contributed by atoms with Gasteiger partial charge in [-0.25, -0.2) is 0 Å². The second-order valence-electron chi connectivity index (χ2n) is 5.97. The van der Waals surface area contributed by atoms with Gasteiger partial charge in [0.1, 0.15) is 5.75 Å². The summed E-state index contributed by atoms with van der Waals surface area (Å²) >= 11 is 0. The Morgan fingerprint density at radius 1 is 1.29 bits per heavy atom. The van der Waals surface area contributed by atoms with Gasteiger partial charge in [-0.2, -0.15) is 0 Å². The quantitative estimate of drug-likeness (QED) is 0.836. The van der Waals surface area contributed by atoms with Crippen molar-refractivity contribution in [1.82, 2.24) is 5.32 Å². The number of benzene rings is 1. The summed E-state index contributed by atoms with van der Waals surface area (Å²) < 4.78 is 5.25. The summed E-state index contributed by atoms with van der Waals surface area (Å²) in [4.78, 5) is 23.1. The second kappa shape index (κ2) is 5.76. The molecule has 114 valence electrons. The van der Waals surface area contributed by atoms with Crippen molar-refractivity contribution in [3.63, 3.8) is 0 Å². The Balaban J connectivity index is 1.87. The van der Waals surface area contributed by atoms with Crippen LogP contribution in [0.3, 0.4) is 0 Å². The molecule has 1 amide bonds. The molecule has 2 N–H and O–H groups in total. The summed E-state index contributed by atoms with van der Waals surface area (Å²) in [5.41, 5.74) is 0.561. The van der Waals surface area contributed by atoms with Gasteiger partial charge in [0.2, 0.25) is 5.91 Å². The van der Waals surface area contributed by atoms with Gasteiger partial charge < -0.3 is 15.2 Å². The largest absolute Gasteiger partial charge is 0.496 e. The molecule has 5 heteroatoms. The highest BCUT2D eigenvalue weighted by Gasteiger charge is 2.65. The standard InChI is InChI=1S/C16H21NO4/c1-16(2)12(13(16)15(19)20)14(18)17-9-8-10-6-4-5-7-11(10)21-3/h4-7,12-13H,8-9H2,1-3H3,(H,17,18)(H,19,20)/t12-,13+/m1/s1. The van der Waals surface area contributed by atoms with Crippen LogP contribution in [0.15, 0.2) is 24.3 Å². The third-order valence-electron chi connectivity index (χ3n) is 4.26. The second-order valence-corrected chi connectivity index (χ2v) is 5.97. The van der Waals surface area contributed by atoms with Gasteiger partial charge in [-0.15, -0.1) is 0 Å². The zero-order valence-electron chi connectivity index (χ0n) is 12.6. The van der Waals surface area contributed by atoms with Crippen molar-refractivity contribution in [3.8, 4) is 5.75 Å². The maximum absolute atomic E-state index is 12.1. The molecule has 1 aliphatic rings. The van der Waals surface area contributed by atoms with E-state index in [0.29, 0.717) is 13.0 Å². The zero-order valence-corrected chi connectivity index (χ0v) is 12.6. The van der Waals surface area contributed by atoms with Crippen LogP contribution in [-0.4, -0.2) is 30.6 Å². The summed E-state index contributed by atoms with van der Waals surface area (Å²) in [7, 11) is 1.61. The molecular formula is C16H21NO4. The van der Waals surface area contributed by atoms with Gasteiger partial charge in [0, 0.05) is 6.54 Å². The highest BCUT2D eigenvalue weighted by Crippen LogP contribution is 2.58. The fourth-order valence-corrected chi connectivity index (χ4v) is 2.93. The van der Waals surface area contributed by atoms with Crippen molar-refractivity contribution >= 4 is 11.9 Å². The number of carboxylic acids is 1. The molecule has 2 rings (SSSR count). The van der Waals surface area contributed by atoms with E-state index < -0.39 is 23.2 Å². The fourth-order valence-electron chi connectivity index (χ4n) is 2.93. The molecule has 21 heavy (non-hydrogen) atoms. The minimum atomic E-state index is -0.898. The van der Waals surface area contributed by atoms with E-state index in [4.69, 9.17) is 9.84 Å². The zero-order chi connectivity index (χ0) is 15.6. The van der Waals surface area contributed by atoms with Gasteiger partial charge in [-0.3, -0.25) is 9.59 Å². The van der Waals surface area contributed by atoms with Gasteiger partial charge in [0.15, 0.2) is 0 Å². The Bertz CT molecular complexity index is 553. The summed E-state index contributed by atoms with van der Waals surface area (Å²) in [6, 6.07) is 7.64. The molecule has 1 fully saturated rings. The van der Waals surface area contributed by atoms with Gasteiger partial charge in [-0.1, -0.05) is 32.0 Å². The lowest BCUT2D eigenvalue weighted by atomic mass is 10.1. The molecule has 1 saturated carbocycles. The number of hydrogen-bond donors (Lipinski definition) is 2. The number of carboxylic acid groups (broad SMARTS) is 1. The van der Waals surface area contributed by atoms with Crippen LogP contribution in [0.1, 0.15) is 19.4 Å². The lowest BCUT2D eigenvalue weighted by molar-refractivity contribution is -0.140. The predicted octanol–water partition coefficient (Wildman–Crippen LogP) is 1.71. The van der Waals surface area contributed by atoms with Crippen LogP contribution in [0.25, 0.3) is 0 Å². The normalized spacial score (nSPS) is 22.4. The number of carbonyl (C=O) groups is 2. The number of para-hydroxylation sites is 1. The Hall–Kier alpha value is -2.04. The van der Waals surface area contributed by atoms with Crippen molar-refractivity contribution < 1.29 is 19.4 Å². The van der Waals surface area contributed by atoms with E-state index >= 15 is 0 Å². The Labute approximate surface area is 124 Å². The van der Waals surface area contributed by atoms with E-state index in [9.17, 15) is 9.59 Å². The lowest BCUT2D eigenvalue weighted by Gasteiger charge is -2.09. The van der Waals surface area contributed by atoms with E-state index in [-0.39, 0.29) is 5.91 Å². The number of aliphatic carboxylic acids is 1. The smallest absolute Gasteiger partial charge is 0.307 e. The van der Waals surface area contributed by atoms with Crippen LogP contribution in [-0.2, 0) is 16.0 Å². The number of hydrogen-bond acceptors (Lipinski definition) is 3.